The molecule has 0 aliphatic carbocycles. The first kappa shape index (κ1) is 10.0. The zero-order chi connectivity index (χ0) is 9.68. The maximum Gasteiger partial charge on any atom is 0.221 e. The number of carbonyl (C=O) groups excluding carboxylic acids is 1. The molecule has 0 bridgehead atoms. The van der Waals surface area contributed by atoms with Crippen molar-refractivity contribution in [2.24, 2.45) is 0 Å². The highest BCUT2D eigenvalue weighted by molar-refractivity contribution is 6.63. The summed E-state index contributed by atoms with van der Waals surface area (Å²) < 4.78 is 0. The Labute approximate surface area is 83.0 Å². The van der Waals surface area contributed by atoms with E-state index in [1.807, 2.05) is 30.3 Å². The van der Waals surface area contributed by atoms with Gasteiger partial charge < -0.3 is 0 Å². The van der Waals surface area contributed by atoms with Crippen molar-refractivity contribution in [1.29, 1.82) is 0 Å². The largest absolute Gasteiger partial charge is 0.281 e. The molecule has 68 valence electrons. The summed E-state index contributed by atoms with van der Waals surface area (Å²) in [4.78, 5) is 10.5. The van der Waals surface area contributed by atoms with Gasteiger partial charge in [0.1, 0.15) is 0 Å². The fourth-order valence-electron chi connectivity index (χ4n) is 1.07. The molecule has 2 heteroatoms. The van der Waals surface area contributed by atoms with Gasteiger partial charge in [-0.15, -0.1) is 0 Å². The van der Waals surface area contributed by atoms with Gasteiger partial charge in [-0.05, 0) is 29.2 Å². The molecule has 0 unspecified atom stereocenters. The maximum atomic E-state index is 10.5. The van der Waals surface area contributed by atoms with Crippen LogP contribution in [0.2, 0.25) is 0 Å². The molecule has 1 aromatic carbocycles. The van der Waals surface area contributed by atoms with Crippen LogP contribution in [-0.4, -0.2) is 5.24 Å². The Kier molecular flexibility index (Phi) is 3.71. The summed E-state index contributed by atoms with van der Waals surface area (Å²) >= 11 is 5.23. The first-order valence-electron chi connectivity index (χ1n) is 4.11. The maximum absolute atomic E-state index is 10.5. The van der Waals surface area contributed by atoms with E-state index in [0.29, 0.717) is 12.8 Å². The topological polar surface area (TPSA) is 17.1 Å². The van der Waals surface area contributed by atoms with E-state index in [-0.39, 0.29) is 5.24 Å². The molecule has 0 aliphatic heterocycles. The lowest BCUT2D eigenvalue weighted by Gasteiger charge is -2.02. The van der Waals surface area contributed by atoms with Crippen LogP contribution < -0.4 is 0 Å². The van der Waals surface area contributed by atoms with Gasteiger partial charge in [-0.1, -0.05) is 36.9 Å². The highest BCUT2D eigenvalue weighted by Gasteiger charge is 2.00. The highest BCUT2D eigenvalue weighted by atomic mass is 35.5. The predicted molar refractivity (Wildman–Crippen MR) is 55.6 cm³/mol. The predicted octanol–water partition coefficient (Wildman–Crippen LogP) is 3.25. The normalized spacial score (nSPS) is 9.62. The minimum atomic E-state index is -0.308. The summed E-state index contributed by atoms with van der Waals surface area (Å²) in [5, 5.41) is -0.308. The van der Waals surface area contributed by atoms with Crippen molar-refractivity contribution >= 4 is 22.4 Å². The monoisotopic (exact) mass is 194 g/mol. The SMILES string of the molecule is C=C(CCC(=O)Cl)c1ccccc1. The third kappa shape index (κ3) is 3.43. The zero-order valence-corrected chi connectivity index (χ0v) is 8.05. The second-order valence-electron chi connectivity index (χ2n) is 2.82. The minimum Gasteiger partial charge on any atom is -0.281 e. The third-order valence-corrected chi connectivity index (χ3v) is 1.99. The smallest absolute Gasteiger partial charge is 0.221 e. The Morgan fingerprint density at radius 1 is 1.23 bits per heavy atom. The molecule has 13 heavy (non-hydrogen) atoms. The van der Waals surface area contributed by atoms with Gasteiger partial charge in [-0.3, -0.25) is 4.79 Å². The molecule has 1 nitrogen and oxygen atoms in total. The highest BCUT2D eigenvalue weighted by Crippen LogP contribution is 2.17. The lowest BCUT2D eigenvalue weighted by molar-refractivity contribution is -0.111. The van der Waals surface area contributed by atoms with Crippen LogP contribution in [0.1, 0.15) is 18.4 Å². The Morgan fingerprint density at radius 3 is 2.38 bits per heavy atom. The van der Waals surface area contributed by atoms with Crippen LogP contribution in [0.3, 0.4) is 0 Å². The fraction of sp³-hybridized carbons (Fsp3) is 0.182. The molecule has 1 rings (SSSR count). The number of benzene rings is 1. The van der Waals surface area contributed by atoms with Gasteiger partial charge >= 0.3 is 0 Å². The van der Waals surface area contributed by atoms with Gasteiger partial charge in [0.15, 0.2) is 0 Å². The summed E-state index contributed by atoms with van der Waals surface area (Å²) in [6.45, 7) is 3.89. The standard InChI is InChI=1S/C11H11ClO/c1-9(7-8-11(12)13)10-5-3-2-4-6-10/h2-6H,1,7-8H2. The summed E-state index contributed by atoms with van der Waals surface area (Å²) in [7, 11) is 0. The van der Waals surface area contributed by atoms with Crippen molar-refractivity contribution in [2.75, 3.05) is 0 Å². The molecular formula is C11H11ClO. The minimum absolute atomic E-state index is 0.308. The first-order valence-corrected chi connectivity index (χ1v) is 4.49. The number of carbonyl (C=O) groups is 1. The molecule has 0 amide bonds. The average molecular weight is 195 g/mol. The van der Waals surface area contributed by atoms with Crippen LogP contribution in [0.5, 0.6) is 0 Å². The van der Waals surface area contributed by atoms with Gasteiger partial charge in [0.2, 0.25) is 5.24 Å². The van der Waals surface area contributed by atoms with E-state index in [1.54, 1.807) is 0 Å². The average Bonchev–Trinajstić information content (AvgIpc) is 2.15. The quantitative estimate of drug-likeness (QED) is 0.673. The molecule has 0 radical (unpaired) electrons. The Bertz CT molecular complexity index is 303. The number of hydrogen-bond acceptors (Lipinski definition) is 1. The van der Waals surface area contributed by atoms with Crippen molar-refractivity contribution in [3.8, 4) is 0 Å². The van der Waals surface area contributed by atoms with Crippen LogP contribution in [0.4, 0.5) is 0 Å². The summed E-state index contributed by atoms with van der Waals surface area (Å²) in [5.41, 5.74) is 2.02. The second-order valence-corrected chi connectivity index (χ2v) is 3.25. The van der Waals surface area contributed by atoms with Crippen LogP contribution in [0.15, 0.2) is 36.9 Å². The van der Waals surface area contributed by atoms with E-state index < -0.39 is 0 Å². The van der Waals surface area contributed by atoms with Gasteiger partial charge in [0.25, 0.3) is 0 Å². The summed E-state index contributed by atoms with van der Waals surface area (Å²) in [6.07, 6.45) is 0.988. The van der Waals surface area contributed by atoms with E-state index in [2.05, 4.69) is 6.58 Å². The molecule has 0 spiro atoms. The van der Waals surface area contributed by atoms with Crippen molar-refractivity contribution < 1.29 is 4.79 Å². The molecule has 0 saturated heterocycles. The third-order valence-electron chi connectivity index (χ3n) is 1.81. The fourth-order valence-corrected chi connectivity index (χ4v) is 1.16. The van der Waals surface area contributed by atoms with Crippen molar-refractivity contribution in [3.63, 3.8) is 0 Å². The number of allylic oxidation sites excluding steroid dienone is 1. The molecular weight excluding hydrogens is 184 g/mol. The van der Waals surface area contributed by atoms with E-state index in [1.165, 1.54) is 0 Å². The second kappa shape index (κ2) is 4.83. The van der Waals surface area contributed by atoms with Crippen molar-refractivity contribution in [3.05, 3.63) is 42.5 Å². The van der Waals surface area contributed by atoms with Gasteiger partial charge in [-0.25, -0.2) is 0 Å². The summed E-state index contributed by atoms with van der Waals surface area (Å²) in [5.74, 6) is 0. The molecule has 0 aromatic heterocycles. The molecule has 0 atom stereocenters. The first-order chi connectivity index (χ1) is 6.20. The van der Waals surface area contributed by atoms with Crippen LogP contribution in [-0.2, 0) is 4.79 Å². The molecule has 0 saturated carbocycles. The van der Waals surface area contributed by atoms with Crippen molar-refractivity contribution in [1.82, 2.24) is 0 Å². The summed E-state index contributed by atoms with van der Waals surface area (Å²) in [6, 6.07) is 9.79. The Hall–Kier alpha value is -1.08. The van der Waals surface area contributed by atoms with E-state index in [9.17, 15) is 4.79 Å². The number of rotatable bonds is 4. The Morgan fingerprint density at radius 2 is 1.85 bits per heavy atom. The molecule has 0 aliphatic rings. The van der Waals surface area contributed by atoms with E-state index in [0.717, 1.165) is 11.1 Å². The van der Waals surface area contributed by atoms with Gasteiger partial charge in [0, 0.05) is 6.42 Å². The van der Waals surface area contributed by atoms with Crippen LogP contribution >= 0.6 is 11.6 Å². The molecule has 0 heterocycles. The van der Waals surface area contributed by atoms with Crippen LogP contribution in [0.25, 0.3) is 5.57 Å². The number of hydrogen-bond donors (Lipinski definition) is 0. The van der Waals surface area contributed by atoms with Crippen LogP contribution in [0, 0.1) is 0 Å². The lowest BCUT2D eigenvalue weighted by Crippen LogP contribution is -1.88. The molecule has 0 N–H and O–H groups in total. The van der Waals surface area contributed by atoms with Crippen molar-refractivity contribution in [2.45, 2.75) is 12.8 Å². The number of halogens is 1. The lowest BCUT2D eigenvalue weighted by atomic mass is 10.0. The van der Waals surface area contributed by atoms with E-state index in [4.69, 9.17) is 11.6 Å². The zero-order valence-electron chi connectivity index (χ0n) is 7.29. The van der Waals surface area contributed by atoms with Gasteiger partial charge in [0.05, 0.1) is 0 Å². The molecule has 0 fully saturated rings. The van der Waals surface area contributed by atoms with E-state index >= 15 is 0 Å². The molecule has 1 aromatic rings. The van der Waals surface area contributed by atoms with Gasteiger partial charge in [-0.2, -0.15) is 0 Å². The Balaban J connectivity index is 2.54.